The molecule has 0 spiro atoms. The molecule has 2 nitrogen and oxygen atoms in total. The molecular weight excluding hydrogens is 744 g/mol. The first-order chi connectivity index (χ1) is 29.8. The Bertz CT molecular complexity index is 3510. The molecule has 10 aromatic carbocycles. The Kier molecular flexibility index (Phi) is 7.30. The smallest absolute Gasteiger partial charge is 0.254 e. The van der Waals surface area contributed by atoms with E-state index in [0.29, 0.717) is 0 Å². The number of fused-ring (bicyclic) bond motifs is 10. The van der Waals surface area contributed by atoms with E-state index in [-0.39, 0.29) is 6.71 Å². The summed E-state index contributed by atoms with van der Waals surface area (Å²) in [4.78, 5) is 5.21. The molecular formula is C56H35BN2S. The summed E-state index contributed by atoms with van der Waals surface area (Å²) in [7, 11) is 0. The molecule has 0 N–H and O–H groups in total. The summed E-state index contributed by atoms with van der Waals surface area (Å²) >= 11 is 1.93. The average Bonchev–Trinajstić information content (AvgIpc) is 3.71. The zero-order chi connectivity index (χ0) is 39.3. The molecule has 1 aromatic heterocycles. The minimum absolute atomic E-state index is 0.00281. The monoisotopic (exact) mass is 778 g/mol. The van der Waals surface area contributed by atoms with Gasteiger partial charge in [-0.25, -0.2) is 0 Å². The van der Waals surface area contributed by atoms with Gasteiger partial charge in [0.15, 0.2) is 0 Å². The molecule has 0 aliphatic carbocycles. The van der Waals surface area contributed by atoms with Crippen LogP contribution < -0.4 is 26.2 Å². The maximum atomic E-state index is 2.62. The van der Waals surface area contributed by atoms with Gasteiger partial charge in [-0.3, -0.25) is 0 Å². The average molecular weight is 779 g/mol. The minimum Gasteiger partial charge on any atom is -0.310 e. The van der Waals surface area contributed by atoms with Crippen LogP contribution in [0.15, 0.2) is 212 Å². The van der Waals surface area contributed by atoms with Crippen molar-refractivity contribution in [2.24, 2.45) is 0 Å². The van der Waals surface area contributed by atoms with Gasteiger partial charge in [-0.15, -0.1) is 11.3 Å². The standard InChI is InChI=1S/C56H35BN2S/c1-3-16-36(17-4-1)42-32-30-38-20-7-9-22-40(38)54(42)58-47-26-13-12-25-46(47)57-52-48(58)27-15-28-49(52)59(50-35-34-45-44-24-11-14-29-51(44)60-56(45)53(50)57)55-41-23-10-8-21-39(41)31-33-43(55)37-18-5-2-6-19-37/h1-35H. The zero-order valence-electron chi connectivity index (χ0n) is 32.6. The van der Waals surface area contributed by atoms with E-state index in [1.807, 2.05) is 11.3 Å². The molecule has 3 heterocycles. The van der Waals surface area contributed by atoms with Crippen molar-refractivity contribution < 1.29 is 0 Å². The normalized spacial score (nSPS) is 12.9. The molecule has 2 aliphatic heterocycles. The maximum Gasteiger partial charge on any atom is 0.254 e. The number of thiophene rings is 1. The number of para-hydroxylation sites is 1. The van der Waals surface area contributed by atoms with E-state index in [1.165, 1.54) is 114 Å². The topological polar surface area (TPSA) is 6.48 Å². The minimum atomic E-state index is -0.00281. The highest BCUT2D eigenvalue weighted by Gasteiger charge is 2.45. The third-order valence-corrected chi connectivity index (χ3v) is 14.0. The van der Waals surface area contributed by atoms with Crippen molar-refractivity contribution >= 4 is 110 Å². The Morgan fingerprint density at radius 2 is 0.833 bits per heavy atom. The van der Waals surface area contributed by atoms with Crippen LogP contribution in [0.3, 0.4) is 0 Å². The van der Waals surface area contributed by atoms with E-state index < -0.39 is 0 Å². The van der Waals surface area contributed by atoms with Crippen molar-refractivity contribution in [3.05, 3.63) is 212 Å². The largest absolute Gasteiger partial charge is 0.310 e. The van der Waals surface area contributed by atoms with E-state index in [1.54, 1.807) is 0 Å². The molecule has 2 aliphatic rings. The summed E-state index contributed by atoms with van der Waals surface area (Å²) in [6, 6.07) is 78.7. The van der Waals surface area contributed by atoms with Crippen molar-refractivity contribution in [2.75, 3.05) is 9.80 Å². The lowest BCUT2D eigenvalue weighted by Crippen LogP contribution is -2.61. The fourth-order valence-electron chi connectivity index (χ4n) is 10.3. The Morgan fingerprint density at radius 3 is 1.48 bits per heavy atom. The van der Waals surface area contributed by atoms with Gasteiger partial charge in [-0.2, -0.15) is 0 Å². The van der Waals surface area contributed by atoms with Crippen LogP contribution in [0.2, 0.25) is 0 Å². The number of nitrogens with zero attached hydrogens (tertiary/aromatic N) is 2. The van der Waals surface area contributed by atoms with E-state index in [2.05, 4.69) is 222 Å². The predicted octanol–water partition coefficient (Wildman–Crippen LogP) is 13.8. The maximum absolute atomic E-state index is 2.62. The second kappa shape index (κ2) is 13.1. The first-order valence-corrected chi connectivity index (χ1v) is 21.5. The fourth-order valence-corrected chi connectivity index (χ4v) is 11.6. The molecule has 0 atom stereocenters. The number of hydrogen-bond donors (Lipinski definition) is 0. The highest BCUT2D eigenvalue weighted by Crippen LogP contribution is 2.52. The van der Waals surface area contributed by atoms with Crippen LogP contribution in [-0.4, -0.2) is 6.71 Å². The van der Waals surface area contributed by atoms with E-state index >= 15 is 0 Å². The van der Waals surface area contributed by atoms with Crippen molar-refractivity contribution in [3.8, 4) is 22.3 Å². The fraction of sp³-hybridized carbons (Fsp3) is 0. The van der Waals surface area contributed by atoms with E-state index in [9.17, 15) is 0 Å². The van der Waals surface area contributed by atoms with Gasteiger partial charge in [0.1, 0.15) is 0 Å². The second-order valence-corrected chi connectivity index (χ2v) is 17.0. The summed E-state index contributed by atoms with van der Waals surface area (Å²) in [5.41, 5.74) is 16.1. The first-order valence-electron chi connectivity index (χ1n) is 20.7. The number of anilines is 6. The Morgan fingerprint density at radius 1 is 0.333 bits per heavy atom. The summed E-state index contributed by atoms with van der Waals surface area (Å²) < 4.78 is 2.67. The van der Waals surface area contributed by atoms with Crippen LogP contribution in [-0.2, 0) is 0 Å². The molecule has 0 amide bonds. The van der Waals surface area contributed by atoms with Gasteiger partial charge in [0.25, 0.3) is 6.71 Å². The van der Waals surface area contributed by atoms with E-state index in [0.717, 1.165) is 0 Å². The van der Waals surface area contributed by atoms with Gasteiger partial charge < -0.3 is 9.80 Å². The van der Waals surface area contributed by atoms with Gasteiger partial charge >= 0.3 is 0 Å². The summed E-state index contributed by atoms with van der Waals surface area (Å²) in [5, 5.41) is 7.53. The third-order valence-electron chi connectivity index (χ3n) is 12.8. The lowest BCUT2D eigenvalue weighted by Gasteiger charge is -2.45. The van der Waals surface area contributed by atoms with Crippen molar-refractivity contribution in [3.63, 3.8) is 0 Å². The van der Waals surface area contributed by atoms with Crippen molar-refractivity contribution in [2.45, 2.75) is 0 Å². The van der Waals surface area contributed by atoms with Crippen molar-refractivity contribution in [1.82, 2.24) is 0 Å². The lowest BCUT2D eigenvalue weighted by molar-refractivity contribution is 1.27. The Labute approximate surface area is 352 Å². The van der Waals surface area contributed by atoms with E-state index in [4.69, 9.17) is 0 Å². The summed E-state index contributed by atoms with van der Waals surface area (Å²) in [6.45, 7) is -0.00281. The molecule has 0 saturated heterocycles. The molecule has 11 aromatic rings. The van der Waals surface area contributed by atoms with Crippen LogP contribution >= 0.6 is 11.3 Å². The number of hydrogen-bond acceptors (Lipinski definition) is 3. The SMILES string of the molecule is c1ccc(-c2ccc3ccccc3c2N2c3ccccc3B3c4c2cccc4N(c2c(-c4ccccc4)ccc4ccccc24)c2ccc4c(sc5ccccc54)c23)cc1. The van der Waals surface area contributed by atoms with Crippen LogP contribution in [0.1, 0.15) is 0 Å². The lowest BCUT2D eigenvalue weighted by atomic mass is 9.33. The van der Waals surface area contributed by atoms with Gasteiger partial charge in [0, 0.05) is 59.4 Å². The highest BCUT2D eigenvalue weighted by molar-refractivity contribution is 7.28. The third kappa shape index (κ3) is 4.77. The number of benzene rings is 10. The zero-order valence-corrected chi connectivity index (χ0v) is 33.4. The molecule has 278 valence electrons. The van der Waals surface area contributed by atoms with Crippen LogP contribution in [0.5, 0.6) is 0 Å². The first kappa shape index (κ1) is 33.6. The van der Waals surface area contributed by atoms with Crippen molar-refractivity contribution in [1.29, 1.82) is 0 Å². The molecule has 0 fully saturated rings. The molecule has 0 unspecified atom stereocenters. The highest BCUT2D eigenvalue weighted by atomic mass is 32.1. The molecule has 0 radical (unpaired) electrons. The van der Waals surface area contributed by atoms with Crippen LogP contribution in [0.4, 0.5) is 34.1 Å². The van der Waals surface area contributed by atoms with Crippen LogP contribution in [0, 0.1) is 0 Å². The van der Waals surface area contributed by atoms with Gasteiger partial charge in [-0.05, 0) is 74.0 Å². The number of rotatable bonds is 4. The molecule has 4 heteroatoms. The quantitative estimate of drug-likeness (QED) is 0.164. The molecule has 13 rings (SSSR count). The Balaban J connectivity index is 1.20. The summed E-state index contributed by atoms with van der Waals surface area (Å²) in [5.74, 6) is 0. The van der Waals surface area contributed by atoms with Gasteiger partial charge in [0.05, 0.1) is 11.4 Å². The molecule has 0 saturated carbocycles. The van der Waals surface area contributed by atoms with Crippen LogP contribution in [0.25, 0.3) is 64.0 Å². The molecule has 0 bridgehead atoms. The van der Waals surface area contributed by atoms with Gasteiger partial charge in [-0.1, -0.05) is 182 Å². The predicted molar refractivity (Wildman–Crippen MR) is 259 cm³/mol. The molecule has 60 heavy (non-hydrogen) atoms. The Hall–Kier alpha value is -7.40. The summed E-state index contributed by atoms with van der Waals surface area (Å²) in [6.07, 6.45) is 0. The second-order valence-electron chi connectivity index (χ2n) is 15.9. The van der Waals surface area contributed by atoms with Gasteiger partial charge in [0.2, 0.25) is 0 Å².